The summed E-state index contributed by atoms with van der Waals surface area (Å²) in [5, 5.41) is 3.30. The van der Waals surface area contributed by atoms with Gasteiger partial charge in [-0.1, -0.05) is 26.2 Å². The van der Waals surface area contributed by atoms with E-state index in [-0.39, 0.29) is 5.75 Å². The number of nitrogens with one attached hydrogen (secondary N) is 1. The molecular formula is C15H31NO2S. The molecule has 1 fully saturated rings. The lowest BCUT2D eigenvalue weighted by molar-refractivity contribution is 0.268. The van der Waals surface area contributed by atoms with Crippen LogP contribution >= 0.6 is 0 Å². The van der Waals surface area contributed by atoms with E-state index in [2.05, 4.69) is 12.2 Å². The third kappa shape index (κ3) is 5.82. The first-order chi connectivity index (χ1) is 8.72. The standard InChI is InChI=1S/C15H31NO2S/c1-13-6-5-7-14(12-13)8-9-16-10-11-19(17,18)15(2,3)4/h13-14,16H,5-12H2,1-4H3. The number of sulfone groups is 1. The molecule has 0 radical (unpaired) electrons. The Hall–Kier alpha value is -0.0900. The largest absolute Gasteiger partial charge is 0.316 e. The molecule has 1 saturated carbocycles. The molecule has 0 aromatic rings. The normalized spacial score (nSPS) is 25.5. The summed E-state index contributed by atoms with van der Waals surface area (Å²) in [4.78, 5) is 0. The highest BCUT2D eigenvalue weighted by Gasteiger charge is 2.28. The maximum absolute atomic E-state index is 11.9. The maximum atomic E-state index is 11.9. The summed E-state index contributed by atoms with van der Waals surface area (Å²) in [6, 6.07) is 0. The first-order valence-corrected chi connectivity index (χ1v) is 9.30. The molecule has 0 heterocycles. The molecule has 1 rings (SSSR count). The van der Waals surface area contributed by atoms with Crippen molar-refractivity contribution in [2.45, 2.75) is 64.5 Å². The molecule has 2 atom stereocenters. The summed E-state index contributed by atoms with van der Waals surface area (Å²) in [7, 11) is -2.97. The highest BCUT2D eigenvalue weighted by molar-refractivity contribution is 7.92. The van der Waals surface area contributed by atoms with Crippen molar-refractivity contribution in [2.75, 3.05) is 18.8 Å². The summed E-state index contributed by atoms with van der Waals surface area (Å²) in [6.07, 6.45) is 6.65. The van der Waals surface area contributed by atoms with E-state index in [0.717, 1.165) is 18.4 Å². The van der Waals surface area contributed by atoms with Gasteiger partial charge in [0.25, 0.3) is 0 Å². The number of hydrogen-bond donors (Lipinski definition) is 1. The van der Waals surface area contributed by atoms with Gasteiger partial charge >= 0.3 is 0 Å². The van der Waals surface area contributed by atoms with Crippen molar-refractivity contribution in [2.24, 2.45) is 11.8 Å². The molecule has 19 heavy (non-hydrogen) atoms. The molecule has 0 aromatic carbocycles. The van der Waals surface area contributed by atoms with Crippen molar-refractivity contribution in [1.29, 1.82) is 0 Å². The van der Waals surface area contributed by atoms with Crippen LogP contribution in [-0.4, -0.2) is 32.0 Å². The minimum atomic E-state index is -2.97. The number of rotatable bonds is 6. The molecule has 0 spiro atoms. The van der Waals surface area contributed by atoms with Crippen molar-refractivity contribution in [3.63, 3.8) is 0 Å². The van der Waals surface area contributed by atoms with Gasteiger partial charge in [0, 0.05) is 6.54 Å². The second kappa shape index (κ2) is 7.07. The van der Waals surface area contributed by atoms with Gasteiger partial charge in [0.15, 0.2) is 9.84 Å². The third-order valence-electron chi connectivity index (χ3n) is 4.25. The van der Waals surface area contributed by atoms with Gasteiger partial charge in [0.2, 0.25) is 0 Å². The van der Waals surface area contributed by atoms with Crippen molar-refractivity contribution < 1.29 is 8.42 Å². The zero-order chi connectivity index (χ0) is 14.5. The molecule has 0 aromatic heterocycles. The lowest BCUT2D eigenvalue weighted by Crippen LogP contribution is -2.35. The first kappa shape index (κ1) is 17.0. The van der Waals surface area contributed by atoms with Crippen LogP contribution in [0.25, 0.3) is 0 Å². The predicted octanol–water partition coefficient (Wildman–Crippen LogP) is 3.01. The summed E-state index contributed by atoms with van der Waals surface area (Å²) >= 11 is 0. The SMILES string of the molecule is CC1CCCC(CCNCCS(=O)(=O)C(C)(C)C)C1. The highest BCUT2D eigenvalue weighted by Crippen LogP contribution is 2.30. The van der Waals surface area contributed by atoms with Crippen LogP contribution in [-0.2, 0) is 9.84 Å². The minimum Gasteiger partial charge on any atom is -0.316 e. The maximum Gasteiger partial charge on any atom is 0.156 e. The molecule has 0 aliphatic heterocycles. The van der Waals surface area contributed by atoms with E-state index in [1.165, 1.54) is 32.1 Å². The zero-order valence-electron chi connectivity index (χ0n) is 13.0. The second-order valence-electron chi connectivity index (χ2n) is 7.11. The fourth-order valence-corrected chi connectivity index (χ4v) is 3.79. The van der Waals surface area contributed by atoms with Crippen LogP contribution in [0.3, 0.4) is 0 Å². The van der Waals surface area contributed by atoms with Gasteiger partial charge in [0.1, 0.15) is 0 Å². The molecule has 1 aliphatic rings. The molecule has 1 aliphatic carbocycles. The average molecular weight is 289 g/mol. The van der Waals surface area contributed by atoms with Crippen molar-refractivity contribution >= 4 is 9.84 Å². The van der Waals surface area contributed by atoms with Gasteiger partial charge in [-0.05, 0) is 52.0 Å². The molecule has 4 heteroatoms. The van der Waals surface area contributed by atoms with Crippen LogP contribution in [0.1, 0.15) is 59.8 Å². The quantitative estimate of drug-likeness (QED) is 0.765. The molecule has 0 saturated heterocycles. The van der Waals surface area contributed by atoms with Crippen LogP contribution in [0, 0.1) is 11.8 Å². The van der Waals surface area contributed by atoms with Crippen LogP contribution in [0.2, 0.25) is 0 Å². The molecule has 0 bridgehead atoms. The minimum absolute atomic E-state index is 0.248. The van der Waals surface area contributed by atoms with E-state index in [0.29, 0.717) is 6.54 Å². The van der Waals surface area contributed by atoms with E-state index in [9.17, 15) is 8.42 Å². The van der Waals surface area contributed by atoms with E-state index in [1.54, 1.807) is 20.8 Å². The Morgan fingerprint density at radius 2 is 1.84 bits per heavy atom. The highest BCUT2D eigenvalue weighted by atomic mass is 32.2. The Labute approximate surface area is 119 Å². The average Bonchev–Trinajstić information content (AvgIpc) is 2.27. The number of hydrogen-bond acceptors (Lipinski definition) is 3. The van der Waals surface area contributed by atoms with E-state index in [4.69, 9.17) is 0 Å². The fraction of sp³-hybridized carbons (Fsp3) is 1.00. The summed E-state index contributed by atoms with van der Waals surface area (Å²) in [5.74, 6) is 1.97. The van der Waals surface area contributed by atoms with Crippen LogP contribution in [0.15, 0.2) is 0 Å². The Bertz CT molecular complexity index is 357. The van der Waals surface area contributed by atoms with Gasteiger partial charge < -0.3 is 5.32 Å². The lowest BCUT2D eigenvalue weighted by atomic mass is 9.81. The zero-order valence-corrected chi connectivity index (χ0v) is 13.9. The second-order valence-corrected chi connectivity index (χ2v) is 9.97. The van der Waals surface area contributed by atoms with Crippen LogP contribution in [0.5, 0.6) is 0 Å². The van der Waals surface area contributed by atoms with Crippen molar-refractivity contribution in [3.05, 3.63) is 0 Å². The monoisotopic (exact) mass is 289 g/mol. The van der Waals surface area contributed by atoms with E-state index in [1.807, 2.05) is 0 Å². The topological polar surface area (TPSA) is 46.2 Å². The van der Waals surface area contributed by atoms with E-state index < -0.39 is 14.6 Å². The Balaban J connectivity index is 2.15. The first-order valence-electron chi connectivity index (χ1n) is 7.65. The van der Waals surface area contributed by atoms with Gasteiger partial charge in [-0.3, -0.25) is 0 Å². The van der Waals surface area contributed by atoms with Crippen molar-refractivity contribution in [1.82, 2.24) is 5.32 Å². The molecule has 1 N–H and O–H groups in total. The molecule has 2 unspecified atom stereocenters. The Morgan fingerprint density at radius 1 is 1.16 bits per heavy atom. The van der Waals surface area contributed by atoms with Crippen molar-refractivity contribution in [3.8, 4) is 0 Å². The summed E-state index contributed by atoms with van der Waals surface area (Å²) in [6.45, 7) is 9.19. The summed E-state index contributed by atoms with van der Waals surface area (Å²) < 4.78 is 23.2. The van der Waals surface area contributed by atoms with Gasteiger partial charge in [-0.25, -0.2) is 8.42 Å². The van der Waals surface area contributed by atoms with Gasteiger partial charge in [0.05, 0.1) is 10.5 Å². The predicted molar refractivity (Wildman–Crippen MR) is 82.1 cm³/mol. The fourth-order valence-electron chi connectivity index (χ4n) is 2.77. The molecule has 0 amide bonds. The Morgan fingerprint density at radius 3 is 2.42 bits per heavy atom. The lowest BCUT2D eigenvalue weighted by Gasteiger charge is -2.26. The van der Waals surface area contributed by atoms with Crippen LogP contribution < -0.4 is 5.32 Å². The molecule has 114 valence electrons. The smallest absolute Gasteiger partial charge is 0.156 e. The van der Waals surface area contributed by atoms with Gasteiger partial charge in [-0.15, -0.1) is 0 Å². The Kier molecular flexibility index (Phi) is 6.31. The molecule has 3 nitrogen and oxygen atoms in total. The third-order valence-corrected chi connectivity index (χ3v) is 6.86. The van der Waals surface area contributed by atoms with Gasteiger partial charge in [-0.2, -0.15) is 0 Å². The van der Waals surface area contributed by atoms with Crippen LogP contribution in [0.4, 0.5) is 0 Å². The van der Waals surface area contributed by atoms with E-state index >= 15 is 0 Å². The summed E-state index contributed by atoms with van der Waals surface area (Å²) in [5.41, 5.74) is 0. The molecular weight excluding hydrogens is 258 g/mol.